The Bertz CT molecular complexity index is 635. The van der Waals surface area contributed by atoms with Crippen molar-refractivity contribution in [1.82, 2.24) is 15.0 Å². The number of carboxylic acid groups (broad SMARTS) is 1. The first kappa shape index (κ1) is 12.9. The summed E-state index contributed by atoms with van der Waals surface area (Å²) in [6.45, 7) is 0. The Labute approximate surface area is 110 Å². The van der Waals surface area contributed by atoms with Gasteiger partial charge < -0.3 is 5.11 Å². The molecule has 0 fully saturated rings. The van der Waals surface area contributed by atoms with Crippen LogP contribution in [0.5, 0.6) is 0 Å². The number of nitro groups is 1. The van der Waals surface area contributed by atoms with E-state index in [1.54, 1.807) is 0 Å². The zero-order valence-corrected chi connectivity index (χ0v) is 10.1. The van der Waals surface area contributed by atoms with E-state index in [1.165, 1.54) is 18.6 Å². The summed E-state index contributed by atoms with van der Waals surface area (Å²) >= 11 is 1.07. The minimum Gasteiger partial charge on any atom is -0.477 e. The maximum absolute atomic E-state index is 11.0. The molecule has 0 aliphatic carbocycles. The SMILES string of the molecule is O=C(O)c1cc(Sc2cnccn2)ncc1[N+](=O)[O-]. The third kappa shape index (κ3) is 3.01. The number of hydrogen-bond acceptors (Lipinski definition) is 7. The number of nitrogens with zero attached hydrogens (tertiary/aromatic N) is 4. The van der Waals surface area contributed by atoms with Crippen LogP contribution in [0.15, 0.2) is 40.9 Å². The van der Waals surface area contributed by atoms with Crippen molar-refractivity contribution < 1.29 is 14.8 Å². The molecule has 2 heterocycles. The molecule has 0 saturated heterocycles. The van der Waals surface area contributed by atoms with Gasteiger partial charge in [-0.05, 0) is 17.8 Å². The van der Waals surface area contributed by atoms with Crippen molar-refractivity contribution in [2.45, 2.75) is 10.1 Å². The molecule has 0 radical (unpaired) electrons. The quantitative estimate of drug-likeness (QED) is 0.661. The van der Waals surface area contributed by atoms with Gasteiger partial charge >= 0.3 is 11.7 Å². The lowest BCUT2D eigenvalue weighted by Gasteiger charge is -2.01. The molecule has 8 nitrogen and oxygen atoms in total. The standard InChI is InChI=1S/C10H6N4O4S/c15-10(16)6-3-8(13-4-7(6)14(17)18)19-9-5-11-1-2-12-9/h1-5H,(H,15,16). The normalized spacial score (nSPS) is 10.1. The molecule has 0 spiro atoms. The van der Waals surface area contributed by atoms with Crippen LogP contribution in [0.1, 0.15) is 10.4 Å². The van der Waals surface area contributed by atoms with E-state index in [1.807, 2.05) is 0 Å². The lowest BCUT2D eigenvalue weighted by molar-refractivity contribution is -0.385. The van der Waals surface area contributed by atoms with Crippen molar-refractivity contribution in [3.63, 3.8) is 0 Å². The average Bonchev–Trinajstić information content (AvgIpc) is 2.39. The maximum atomic E-state index is 11.0. The fourth-order valence-electron chi connectivity index (χ4n) is 1.25. The number of hydrogen-bond donors (Lipinski definition) is 1. The minimum absolute atomic E-state index is 0.295. The minimum atomic E-state index is -1.38. The van der Waals surface area contributed by atoms with Crippen LogP contribution in [0.4, 0.5) is 5.69 Å². The molecule has 0 aliphatic heterocycles. The first-order valence-electron chi connectivity index (χ1n) is 4.89. The van der Waals surface area contributed by atoms with Crippen LogP contribution in [-0.2, 0) is 0 Å². The maximum Gasteiger partial charge on any atom is 0.342 e. The van der Waals surface area contributed by atoms with E-state index in [0.29, 0.717) is 10.1 Å². The van der Waals surface area contributed by atoms with Crippen molar-refractivity contribution in [2.24, 2.45) is 0 Å². The third-order valence-electron chi connectivity index (χ3n) is 2.03. The van der Waals surface area contributed by atoms with E-state index in [4.69, 9.17) is 5.11 Å². The zero-order chi connectivity index (χ0) is 13.8. The Morgan fingerprint density at radius 1 is 1.26 bits per heavy atom. The molecule has 9 heteroatoms. The zero-order valence-electron chi connectivity index (χ0n) is 9.26. The van der Waals surface area contributed by atoms with Crippen LogP contribution >= 0.6 is 11.8 Å². The molecular weight excluding hydrogens is 272 g/mol. The summed E-state index contributed by atoms with van der Waals surface area (Å²) < 4.78 is 0. The first-order chi connectivity index (χ1) is 9.08. The fraction of sp³-hybridized carbons (Fsp3) is 0. The molecule has 0 amide bonds. The fourth-order valence-corrected chi connectivity index (χ4v) is 1.97. The van der Waals surface area contributed by atoms with Gasteiger partial charge in [0.1, 0.15) is 21.8 Å². The highest BCUT2D eigenvalue weighted by molar-refractivity contribution is 7.99. The van der Waals surface area contributed by atoms with E-state index in [2.05, 4.69) is 15.0 Å². The largest absolute Gasteiger partial charge is 0.477 e. The smallest absolute Gasteiger partial charge is 0.342 e. The van der Waals surface area contributed by atoms with Crippen molar-refractivity contribution in [3.8, 4) is 0 Å². The highest BCUT2D eigenvalue weighted by Gasteiger charge is 2.21. The van der Waals surface area contributed by atoms with Crippen LogP contribution in [0.2, 0.25) is 0 Å². The predicted octanol–water partition coefficient (Wildman–Crippen LogP) is 1.63. The Morgan fingerprint density at radius 3 is 2.63 bits per heavy atom. The van der Waals surface area contributed by atoms with Gasteiger partial charge in [-0.25, -0.2) is 14.8 Å². The molecule has 1 N–H and O–H groups in total. The second kappa shape index (κ2) is 5.40. The third-order valence-corrected chi connectivity index (χ3v) is 2.89. The van der Waals surface area contributed by atoms with Crippen LogP contribution < -0.4 is 0 Å². The highest BCUT2D eigenvalue weighted by atomic mass is 32.2. The Hall–Kier alpha value is -2.55. The van der Waals surface area contributed by atoms with E-state index >= 15 is 0 Å². The Kier molecular flexibility index (Phi) is 3.66. The molecule has 2 aromatic heterocycles. The summed E-state index contributed by atoms with van der Waals surface area (Å²) in [5.74, 6) is -1.38. The molecule has 0 saturated carbocycles. The Morgan fingerprint density at radius 2 is 2.05 bits per heavy atom. The number of aromatic nitrogens is 3. The summed E-state index contributed by atoms with van der Waals surface area (Å²) in [5, 5.41) is 20.4. The van der Waals surface area contributed by atoms with Crippen LogP contribution in [0.3, 0.4) is 0 Å². The van der Waals surface area contributed by atoms with Gasteiger partial charge in [0, 0.05) is 12.4 Å². The van der Waals surface area contributed by atoms with Gasteiger partial charge in [0.15, 0.2) is 0 Å². The number of aromatic carboxylic acids is 1. The predicted molar refractivity (Wildman–Crippen MR) is 64.0 cm³/mol. The second-order valence-electron chi connectivity index (χ2n) is 3.25. The molecule has 2 rings (SSSR count). The topological polar surface area (TPSA) is 119 Å². The molecule has 19 heavy (non-hydrogen) atoms. The summed E-state index contributed by atoms with van der Waals surface area (Å²) in [6, 6.07) is 1.14. The van der Waals surface area contributed by atoms with Gasteiger partial charge in [0.25, 0.3) is 0 Å². The summed E-state index contributed by atoms with van der Waals surface area (Å²) in [6.07, 6.45) is 5.37. The summed E-state index contributed by atoms with van der Waals surface area (Å²) in [5.41, 5.74) is -0.956. The molecule has 0 aromatic carbocycles. The van der Waals surface area contributed by atoms with Crippen molar-refractivity contribution in [1.29, 1.82) is 0 Å². The van der Waals surface area contributed by atoms with Crippen LogP contribution in [-0.4, -0.2) is 31.0 Å². The number of carboxylic acids is 1. The van der Waals surface area contributed by atoms with E-state index in [0.717, 1.165) is 24.0 Å². The van der Waals surface area contributed by atoms with Crippen LogP contribution in [0, 0.1) is 10.1 Å². The monoisotopic (exact) mass is 278 g/mol. The van der Waals surface area contributed by atoms with E-state index in [9.17, 15) is 14.9 Å². The van der Waals surface area contributed by atoms with Gasteiger partial charge in [-0.1, -0.05) is 0 Å². The average molecular weight is 278 g/mol. The van der Waals surface area contributed by atoms with Gasteiger partial charge in [-0.3, -0.25) is 15.1 Å². The lowest BCUT2D eigenvalue weighted by atomic mass is 10.2. The molecule has 0 unspecified atom stereocenters. The summed E-state index contributed by atoms with van der Waals surface area (Å²) in [4.78, 5) is 32.5. The number of carbonyl (C=O) groups is 1. The van der Waals surface area contributed by atoms with Crippen molar-refractivity contribution in [2.75, 3.05) is 0 Å². The van der Waals surface area contributed by atoms with Crippen LogP contribution in [0.25, 0.3) is 0 Å². The van der Waals surface area contributed by atoms with Gasteiger partial charge in [0.05, 0.1) is 11.1 Å². The molecule has 0 bridgehead atoms. The second-order valence-corrected chi connectivity index (χ2v) is 4.29. The van der Waals surface area contributed by atoms with Gasteiger partial charge in [-0.2, -0.15) is 0 Å². The van der Waals surface area contributed by atoms with Crippen molar-refractivity contribution >= 4 is 23.4 Å². The van der Waals surface area contributed by atoms with E-state index < -0.39 is 22.1 Å². The molecule has 2 aromatic rings. The lowest BCUT2D eigenvalue weighted by Crippen LogP contribution is -2.03. The van der Waals surface area contributed by atoms with Gasteiger partial charge in [-0.15, -0.1) is 0 Å². The highest BCUT2D eigenvalue weighted by Crippen LogP contribution is 2.27. The molecule has 0 aliphatic rings. The molecular formula is C10H6N4O4S. The number of rotatable bonds is 4. The number of pyridine rings is 1. The van der Waals surface area contributed by atoms with E-state index in [-0.39, 0.29) is 0 Å². The van der Waals surface area contributed by atoms with Gasteiger partial charge in [0.2, 0.25) is 0 Å². The summed E-state index contributed by atoms with van der Waals surface area (Å²) in [7, 11) is 0. The first-order valence-corrected chi connectivity index (χ1v) is 5.71. The van der Waals surface area contributed by atoms with Crippen molar-refractivity contribution in [3.05, 3.63) is 46.5 Å². The molecule has 0 atom stereocenters. The molecule has 96 valence electrons. The Balaban J connectivity index is 2.36.